The maximum atomic E-state index is 12.2. The summed E-state index contributed by atoms with van der Waals surface area (Å²) in [6.07, 6.45) is 6.56. The Bertz CT molecular complexity index is 489. The van der Waals surface area contributed by atoms with Gasteiger partial charge in [-0.15, -0.1) is 0 Å². The largest absolute Gasteiger partial charge is 0.356 e. The Balaban J connectivity index is 1.76. The Hall–Kier alpha value is -1.65. The number of nitrogens with one attached hydrogen (secondary N) is 1. The van der Waals surface area contributed by atoms with Crippen molar-refractivity contribution in [2.24, 2.45) is 5.92 Å². The first-order chi connectivity index (χ1) is 11.1. The van der Waals surface area contributed by atoms with Crippen molar-refractivity contribution >= 4 is 11.9 Å². The number of aromatic nitrogens is 2. The van der Waals surface area contributed by atoms with Gasteiger partial charge >= 0.3 is 0 Å². The number of piperidine rings is 1. The van der Waals surface area contributed by atoms with Gasteiger partial charge in [0, 0.05) is 36.9 Å². The van der Waals surface area contributed by atoms with E-state index in [9.17, 15) is 4.79 Å². The van der Waals surface area contributed by atoms with Crippen molar-refractivity contribution in [3.05, 3.63) is 17.5 Å². The first kappa shape index (κ1) is 17.7. The van der Waals surface area contributed by atoms with E-state index < -0.39 is 0 Å². The second kappa shape index (κ2) is 8.85. The summed E-state index contributed by atoms with van der Waals surface area (Å²) < 4.78 is 0. The molecule has 128 valence electrons. The maximum absolute atomic E-state index is 12.2. The topological polar surface area (TPSA) is 58.1 Å². The number of carbonyl (C=O) groups is 1. The van der Waals surface area contributed by atoms with Crippen LogP contribution in [0.25, 0.3) is 0 Å². The van der Waals surface area contributed by atoms with Crippen LogP contribution in [-0.4, -0.2) is 35.5 Å². The monoisotopic (exact) mass is 318 g/mol. The van der Waals surface area contributed by atoms with Gasteiger partial charge in [0.15, 0.2) is 0 Å². The molecule has 0 saturated carbocycles. The highest BCUT2D eigenvalue weighted by Gasteiger charge is 2.26. The normalized spacial score (nSPS) is 15.7. The standard InChI is InChI=1S/C18H30N4O/c1-4-5-6-7-10-19-17(23)16-8-11-22(12-9-16)18-20-14(2)13-15(3)21-18/h13,16H,4-12H2,1-3H3,(H,19,23). The van der Waals surface area contributed by atoms with E-state index in [1.165, 1.54) is 19.3 Å². The molecule has 0 radical (unpaired) electrons. The third-order valence-electron chi connectivity index (χ3n) is 4.45. The van der Waals surface area contributed by atoms with Gasteiger partial charge < -0.3 is 10.2 Å². The van der Waals surface area contributed by atoms with Gasteiger partial charge in [0.25, 0.3) is 0 Å². The molecule has 0 spiro atoms. The number of unbranched alkanes of at least 4 members (excludes halogenated alkanes) is 3. The number of hydrogen-bond donors (Lipinski definition) is 1. The molecular formula is C18H30N4O. The molecule has 2 rings (SSSR count). The van der Waals surface area contributed by atoms with Crippen molar-refractivity contribution < 1.29 is 4.79 Å². The SMILES string of the molecule is CCCCCCNC(=O)C1CCN(c2nc(C)cc(C)n2)CC1. The summed E-state index contributed by atoms with van der Waals surface area (Å²) in [5, 5.41) is 3.10. The number of aryl methyl sites for hydroxylation is 2. The molecule has 0 aromatic carbocycles. The minimum absolute atomic E-state index is 0.142. The van der Waals surface area contributed by atoms with Crippen molar-refractivity contribution in [3.8, 4) is 0 Å². The van der Waals surface area contributed by atoms with Crippen molar-refractivity contribution in [1.82, 2.24) is 15.3 Å². The molecule has 0 unspecified atom stereocenters. The van der Waals surface area contributed by atoms with Gasteiger partial charge in [0.05, 0.1) is 0 Å². The third kappa shape index (κ3) is 5.48. The summed E-state index contributed by atoms with van der Waals surface area (Å²) in [4.78, 5) is 23.5. The first-order valence-electron chi connectivity index (χ1n) is 8.95. The lowest BCUT2D eigenvalue weighted by molar-refractivity contribution is -0.125. The molecule has 1 fully saturated rings. The van der Waals surface area contributed by atoms with E-state index in [-0.39, 0.29) is 11.8 Å². The van der Waals surface area contributed by atoms with E-state index in [0.29, 0.717) is 0 Å². The van der Waals surface area contributed by atoms with Crippen LogP contribution in [0.5, 0.6) is 0 Å². The van der Waals surface area contributed by atoms with Crippen molar-refractivity contribution in [2.45, 2.75) is 59.3 Å². The molecule has 5 heteroatoms. The van der Waals surface area contributed by atoms with Gasteiger partial charge in [-0.1, -0.05) is 26.2 Å². The van der Waals surface area contributed by atoms with E-state index in [4.69, 9.17) is 0 Å². The number of rotatable bonds is 7. The Morgan fingerprint density at radius 2 is 1.83 bits per heavy atom. The highest BCUT2D eigenvalue weighted by molar-refractivity contribution is 5.78. The van der Waals surface area contributed by atoms with Crippen LogP contribution >= 0.6 is 0 Å². The molecule has 0 aliphatic carbocycles. The molecule has 5 nitrogen and oxygen atoms in total. The summed E-state index contributed by atoms with van der Waals surface area (Å²) in [7, 11) is 0. The van der Waals surface area contributed by atoms with Gasteiger partial charge in [0.2, 0.25) is 11.9 Å². The fourth-order valence-electron chi connectivity index (χ4n) is 3.10. The lowest BCUT2D eigenvalue weighted by Gasteiger charge is -2.31. The fourth-order valence-corrected chi connectivity index (χ4v) is 3.10. The molecule has 1 aliphatic heterocycles. The average molecular weight is 318 g/mol. The fraction of sp³-hybridized carbons (Fsp3) is 0.722. The predicted molar refractivity (Wildman–Crippen MR) is 93.6 cm³/mol. The Labute approximate surface area is 139 Å². The second-order valence-corrected chi connectivity index (χ2v) is 6.56. The highest BCUT2D eigenvalue weighted by Crippen LogP contribution is 2.21. The zero-order chi connectivity index (χ0) is 16.7. The Morgan fingerprint density at radius 1 is 1.17 bits per heavy atom. The first-order valence-corrected chi connectivity index (χ1v) is 8.95. The zero-order valence-corrected chi connectivity index (χ0v) is 14.8. The van der Waals surface area contributed by atoms with Gasteiger partial charge in [-0.2, -0.15) is 0 Å². The molecular weight excluding hydrogens is 288 g/mol. The van der Waals surface area contributed by atoms with Crippen LogP contribution in [0.1, 0.15) is 56.8 Å². The molecule has 23 heavy (non-hydrogen) atoms. The van der Waals surface area contributed by atoms with Crippen molar-refractivity contribution in [3.63, 3.8) is 0 Å². The van der Waals surface area contributed by atoms with Crippen LogP contribution in [0.15, 0.2) is 6.07 Å². The third-order valence-corrected chi connectivity index (χ3v) is 4.45. The van der Waals surface area contributed by atoms with Crippen LogP contribution in [0.3, 0.4) is 0 Å². The molecule has 1 saturated heterocycles. The van der Waals surface area contributed by atoms with E-state index in [0.717, 1.165) is 56.2 Å². The van der Waals surface area contributed by atoms with Crippen molar-refractivity contribution in [1.29, 1.82) is 0 Å². The number of amides is 1. The maximum Gasteiger partial charge on any atom is 0.225 e. The molecule has 1 aromatic heterocycles. The van der Waals surface area contributed by atoms with Crippen LogP contribution in [0.2, 0.25) is 0 Å². The minimum atomic E-state index is 0.142. The van der Waals surface area contributed by atoms with E-state index in [2.05, 4.69) is 27.1 Å². The number of nitrogens with zero attached hydrogens (tertiary/aromatic N) is 3. The lowest BCUT2D eigenvalue weighted by atomic mass is 9.96. The van der Waals surface area contributed by atoms with Crippen LogP contribution in [-0.2, 0) is 4.79 Å². The number of anilines is 1. The summed E-state index contributed by atoms with van der Waals surface area (Å²) in [5.74, 6) is 1.17. The van der Waals surface area contributed by atoms with Gasteiger partial charge in [-0.05, 0) is 39.2 Å². The summed E-state index contributed by atoms with van der Waals surface area (Å²) in [5.41, 5.74) is 2.00. The lowest BCUT2D eigenvalue weighted by Crippen LogP contribution is -2.41. The van der Waals surface area contributed by atoms with Gasteiger partial charge in [-0.3, -0.25) is 4.79 Å². The molecule has 1 aromatic rings. The molecule has 0 bridgehead atoms. The predicted octanol–water partition coefficient (Wildman–Crippen LogP) is 3.01. The Kier molecular flexibility index (Phi) is 6.81. The smallest absolute Gasteiger partial charge is 0.225 e. The molecule has 1 amide bonds. The zero-order valence-electron chi connectivity index (χ0n) is 14.8. The van der Waals surface area contributed by atoms with E-state index >= 15 is 0 Å². The second-order valence-electron chi connectivity index (χ2n) is 6.56. The van der Waals surface area contributed by atoms with Gasteiger partial charge in [0.1, 0.15) is 0 Å². The number of carbonyl (C=O) groups excluding carboxylic acids is 1. The molecule has 1 N–H and O–H groups in total. The average Bonchev–Trinajstić information content (AvgIpc) is 2.54. The van der Waals surface area contributed by atoms with E-state index in [1.807, 2.05) is 19.9 Å². The summed E-state index contributed by atoms with van der Waals surface area (Å²) in [6, 6.07) is 1.99. The molecule has 2 heterocycles. The van der Waals surface area contributed by atoms with Crippen LogP contribution in [0.4, 0.5) is 5.95 Å². The van der Waals surface area contributed by atoms with Crippen LogP contribution in [0, 0.1) is 19.8 Å². The van der Waals surface area contributed by atoms with Crippen molar-refractivity contribution in [2.75, 3.05) is 24.5 Å². The number of hydrogen-bond acceptors (Lipinski definition) is 4. The quantitative estimate of drug-likeness (QED) is 0.785. The highest BCUT2D eigenvalue weighted by atomic mass is 16.1. The van der Waals surface area contributed by atoms with Gasteiger partial charge in [-0.25, -0.2) is 9.97 Å². The van der Waals surface area contributed by atoms with E-state index in [1.54, 1.807) is 0 Å². The summed E-state index contributed by atoms with van der Waals surface area (Å²) >= 11 is 0. The molecule has 1 aliphatic rings. The minimum Gasteiger partial charge on any atom is -0.356 e. The summed E-state index contributed by atoms with van der Waals surface area (Å²) in [6.45, 7) is 8.73. The Morgan fingerprint density at radius 3 is 2.43 bits per heavy atom. The van der Waals surface area contributed by atoms with Crippen LogP contribution < -0.4 is 10.2 Å². The molecule has 0 atom stereocenters.